The molecule has 2 aliphatic rings. The zero-order valence-electron chi connectivity index (χ0n) is 7.68. The summed E-state index contributed by atoms with van der Waals surface area (Å²) in [6, 6.07) is 1.35. The SMILES string of the molecule is COC1CCC2NCCNC2C1. The van der Waals surface area contributed by atoms with Gasteiger partial charge in [-0.3, -0.25) is 0 Å². The van der Waals surface area contributed by atoms with Gasteiger partial charge in [0, 0.05) is 32.3 Å². The van der Waals surface area contributed by atoms with Crippen molar-refractivity contribution < 1.29 is 4.74 Å². The fraction of sp³-hybridized carbons (Fsp3) is 1.00. The van der Waals surface area contributed by atoms with E-state index in [2.05, 4.69) is 10.6 Å². The molecule has 3 nitrogen and oxygen atoms in total. The highest BCUT2D eigenvalue weighted by molar-refractivity contribution is 4.92. The van der Waals surface area contributed by atoms with E-state index in [1.54, 1.807) is 0 Å². The first-order valence-electron chi connectivity index (χ1n) is 4.89. The summed E-state index contributed by atoms with van der Waals surface area (Å²) in [5.41, 5.74) is 0. The lowest BCUT2D eigenvalue weighted by Gasteiger charge is -2.40. The Morgan fingerprint density at radius 3 is 2.58 bits per heavy atom. The predicted octanol–water partition coefficient (Wildman–Crippen LogP) is 0.115. The van der Waals surface area contributed by atoms with Crippen LogP contribution in [0.3, 0.4) is 0 Å². The number of nitrogens with one attached hydrogen (secondary N) is 2. The normalized spacial score (nSPS) is 42.2. The molecular weight excluding hydrogens is 152 g/mol. The zero-order valence-corrected chi connectivity index (χ0v) is 7.68. The van der Waals surface area contributed by atoms with Crippen LogP contribution in [0.2, 0.25) is 0 Å². The molecule has 0 radical (unpaired) electrons. The molecule has 0 bridgehead atoms. The number of hydrogen-bond acceptors (Lipinski definition) is 3. The summed E-state index contributed by atoms with van der Waals surface area (Å²) in [7, 11) is 1.82. The van der Waals surface area contributed by atoms with Gasteiger partial charge in [-0.15, -0.1) is 0 Å². The first-order chi connectivity index (χ1) is 5.90. The lowest BCUT2D eigenvalue weighted by atomic mass is 9.87. The second kappa shape index (κ2) is 3.73. The van der Waals surface area contributed by atoms with Crippen molar-refractivity contribution in [3.63, 3.8) is 0 Å². The van der Waals surface area contributed by atoms with E-state index < -0.39 is 0 Å². The number of rotatable bonds is 1. The Labute approximate surface area is 73.9 Å². The molecule has 12 heavy (non-hydrogen) atoms. The van der Waals surface area contributed by atoms with Gasteiger partial charge in [-0.25, -0.2) is 0 Å². The van der Waals surface area contributed by atoms with Crippen LogP contribution in [-0.4, -0.2) is 38.4 Å². The van der Waals surface area contributed by atoms with Crippen LogP contribution in [0.15, 0.2) is 0 Å². The van der Waals surface area contributed by atoms with Crippen LogP contribution in [-0.2, 0) is 4.74 Å². The number of hydrogen-bond donors (Lipinski definition) is 2. The minimum Gasteiger partial charge on any atom is -0.381 e. The zero-order chi connectivity index (χ0) is 8.39. The molecule has 1 heterocycles. The Bertz CT molecular complexity index is 151. The molecular formula is C9H18N2O. The maximum absolute atomic E-state index is 5.37. The van der Waals surface area contributed by atoms with E-state index in [0.29, 0.717) is 18.2 Å². The van der Waals surface area contributed by atoms with Crippen molar-refractivity contribution >= 4 is 0 Å². The van der Waals surface area contributed by atoms with Gasteiger partial charge >= 0.3 is 0 Å². The highest BCUT2D eigenvalue weighted by Crippen LogP contribution is 2.22. The molecule has 1 saturated heterocycles. The van der Waals surface area contributed by atoms with Crippen LogP contribution in [0.4, 0.5) is 0 Å². The molecule has 2 N–H and O–H groups in total. The van der Waals surface area contributed by atoms with Gasteiger partial charge in [-0.05, 0) is 19.3 Å². The molecule has 3 atom stereocenters. The van der Waals surface area contributed by atoms with Crippen molar-refractivity contribution in [2.75, 3.05) is 20.2 Å². The lowest BCUT2D eigenvalue weighted by Crippen LogP contribution is -2.59. The van der Waals surface area contributed by atoms with Gasteiger partial charge in [0.1, 0.15) is 0 Å². The minimum absolute atomic E-state index is 0.485. The van der Waals surface area contributed by atoms with Crippen molar-refractivity contribution in [3.05, 3.63) is 0 Å². The van der Waals surface area contributed by atoms with E-state index in [1.165, 1.54) is 19.3 Å². The summed E-state index contributed by atoms with van der Waals surface area (Å²) in [5.74, 6) is 0. The maximum atomic E-state index is 5.37. The van der Waals surface area contributed by atoms with Crippen LogP contribution in [0.5, 0.6) is 0 Å². The van der Waals surface area contributed by atoms with Crippen molar-refractivity contribution in [2.45, 2.75) is 37.5 Å². The average molecular weight is 170 g/mol. The number of piperazine rings is 1. The van der Waals surface area contributed by atoms with Crippen LogP contribution in [0, 0.1) is 0 Å². The van der Waals surface area contributed by atoms with Gasteiger partial charge in [-0.1, -0.05) is 0 Å². The van der Waals surface area contributed by atoms with Gasteiger partial charge in [0.05, 0.1) is 6.10 Å². The summed E-state index contributed by atoms with van der Waals surface area (Å²) in [6.45, 7) is 2.23. The van der Waals surface area contributed by atoms with Crippen LogP contribution < -0.4 is 10.6 Å². The Kier molecular flexibility index (Phi) is 2.63. The molecule has 1 aliphatic carbocycles. The summed E-state index contributed by atoms with van der Waals surface area (Å²) >= 11 is 0. The van der Waals surface area contributed by atoms with E-state index in [9.17, 15) is 0 Å². The van der Waals surface area contributed by atoms with Gasteiger partial charge in [0.15, 0.2) is 0 Å². The topological polar surface area (TPSA) is 33.3 Å². The third kappa shape index (κ3) is 1.63. The van der Waals surface area contributed by atoms with E-state index in [0.717, 1.165) is 13.1 Å². The Morgan fingerprint density at radius 2 is 1.83 bits per heavy atom. The Balaban J connectivity index is 1.90. The van der Waals surface area contributed by atoms with Gasteiger partial charge in [-0.2, -0.15) is 0 Å². The summed E-state index contributed by atoms with van der Waals surface area (Å²) in [5, 5.41) is 7.09. The molecule has 1 aliphatic heterocycles. The summed E-state index contributed by atoms with van der Waals surface area (Å²) in [6.07, 6.45) is 4.13. The number of ether oxygens (including phenoxy) is 1. The second-order valence-corrected chi connectivity index (χ2v) is 3.79. The molecule has 0 spiro atoms. The Hall–Kier alpha value is -0.120. The monoisotopic (exact) mass is 170 g/mol. The third-order valence-corrected chi connectivity index (χ3v) is 3.07. The fourth-order valence-corrected chi connectivity index (χ4v) is 2.33. The molecule has 0 amide bonds. The highest BCUT2D eigenvalue weighted by atomic mass is 16.5. The number of fused-ring (bicyclic) bond motifs is 1. The summed E-state index contributed by atoms with van der Waals surface area (Å²) in [4.78, 5) is 0. The molecule has 3 heteroatoms. The Morgan fingerprint density at radius 1 is 1.08 bits per heavy atom. The van der Waals surface area contributed by atoms with E-state index >= 15 is 0 Å². The molecule has 0 aromatic carbocycles. The van der Waals surface area contributed by atoms with Crippen molar-refractivity contribution in [1.29, 1.82) is 0 Å². The molecule has 2 fully saturated rings. The van der Waals surface area contributed by atoms with E-state index in [4.69, 9.17) is 4.74 Å². The van der Waals surface area contributed by atoms with Crippen molar-refractivity contribution in [2.24, 2.45) is 0 Å². The predicted molar refractivity (Wildman–Crippen MR) is 48.2 cm³/mol. The first kappa shape index (κ1) is 8.48. The molecule has 3 unspecified atom stereocenters. The van der Waals surface area contributed by atoms with Gasteiger partial charge in [0.25, 0.3) is 0 Å². The van der Waals surface area contributed by atoms with Crippen LogP contribution in [0.25, 0.3) is 0 Å². The quantitative estimate of drug-likeness (QED) is 0.586. The highest BCUT2D eigenvalue weighted by Gasteiger charge is 2.31. The maximum Gasteiger partial charge on any atom is 0.0587 e. The van der Waals surface area contributed by atoms with Crippen molar-refractivity contribution in [1.82, 2.24) is 10.6 Å². The molecule has 0 aromatic rings. The third-order valence-electron chi connectivity index (χ3n) is 3.07. The molecule has 0 aromatic heterocycles. The van der Waals surface area contributed by atoms with E-state index in [-0.39, 0.29) is 0 Å². The first-order valence-corrected chi connectivity index (χ1v) is 4.89. The molecule has 2 rings (SSSR count). The molecule has 1 saturated carbocycles. The standard InChI is InChI=1S/C9H18N2O/c1-12-7-2-3-8-9(6-7)11-5-4-10-8/h7-11H,2-6H2,1H3. The van der Waals surface area contributed by atoms with Crippen LogP contribution in [0.1, 0.15) is 19.3 Å². The van der Waals surface area contributed by atoms with Gasteiger partial charge < -0.3 is 15.4 Å². The summed E-state index contributed by atoms with van der Waals surface area (Å²) < 4.78 is 5.37. The smallest absolute Gasteiger partial charge is 0.0587 e. The minimum atomic E-state index is 0.485. The lowest BCUT2D eigenvalue weighted by molar-refractivity contribution is 0.0432. The second-order valence-electron chi connectivity index (χ2n) is 3.79. The fourth-order valence-electron chi connectivity index (χ4n) is 2.33. The van der Waals surface area contributed by atoms with Gasteiger partial charge in [0.2, 0.25) is 0 Å². The van der Waals surface area contributed by atoms with Crippen molar-refractivity contribution in [3.8, 4) is 0 Å². The molecule has 70 valence electrons. The van der Waals surface area contributed by atoms with Crippen LogP contribution >= 0.6 is 0 Å². The number of methoxy groups -OCH3 is 1. The van der Waals surface area contributed by atoms with E-state index in [1.807, 2.05) is 7.11 Å². The average Bonchev–Trinajstić information content (AvgIpc) is 2.17. The largest absolute Gasteiger partial charge is 0.381 e.